The highest BCUT2D eigenvalue weighted by molar-refractivity contribution is 9.10. The molecule has 1 aliphatic heterocycles. The Balaban J connectivity index is 1.82. The van der Waals surface area contributed by atoms with Gasteiger partial charge in [0.05, 0.1) is 4.92 Å². The Morgan fingerprint density at radius 3 is 2.50 bits per heavy atom. The Labute approximate surface area is 170 Å². The standard InChI is InChI=1S/C21H17BrN2O4/c22-14-3-1-4-16(11-14)23-18-5-2-6-19(25)21(18)17(12-20(23)26)13-7-9-15(10-8-13)24(27)28/h1,3-4,7-11,17H,2,5-6,12H2. The highest BCUT2D eigenvalue weighted by Crippen LogP contribution is 2.43. The topological polar surface area (TPSA) is 80.5 Å². The minimum absolute atomic E-state index is 0.00850. The number of non-ortho nitro benzene ring substituents is 1. The van der Waals surface area contributed by atoms with Crippen LogP contribution in [0.5, 0.6) is 0 Å². The lowest BCUT2D eigenvalue weighted by Crippen LogP contribution is -2.40. The first kappa shape index (κ1) is 18.6. The maximum absolute atomic E-state index is 13.1. The maximum atomic E-state index is 13.1. The van der Waals surface area contributed by atoms with Crippen LogP contribution in [0.3, 0.4) is 0 Å². The number of carbonyl (C=O) groups is 2. The summed E-state index contributed by atoms with van der Waals surface area (Å²) in [6.07, 6.45) is 1.99. The molecule has 1 unspecified atom stereocenters. The zero-order chi connectivity index (χ0) is 19.8. The molecule has 1 atom stereocenters. The van der Waals surface area contributed by atoms with Crippen molar-refractivity contribution in [2.45, 2.75) is 31.6 Å². The molecule has 4 rings (SSSR count). The second-order valence-corrected chi connectivity index (χ2v) is 7.87. The van der Waals surface area contributed by atoms with Crippen molar-refractivity contribution < 1.29 is 14.5 Å². The number of hydrogen-bond acceptors (Lipinski definition) is 4. The zero-order valence-electron chi connectivity index (χ0n) is 14.9. The SMILES string of the molecule is O=C1CCCC2=C1C(c1ccc([N+](=O)[O-])cc1)CC(=O)N2c1cccc(Br)c1. The molecule has 0 aromatic heterocycles. The molecule has 2 aromatic rings. The van der Waals surface area contributed by atoms with Crippen LogP contribution in [0.1, 0.15) is 37.2 Å². The summed E-state index contributed by atoms with van der Waals surface area (Å²) in [6, 6.07) is 13.6. The monoisotopic (exact) mass is 440 g/mol. The fourth-order valence-electron chi connectivity index (χ4n) is 4.02. The van der Waals surface area contributed by atoms with E-state index in [1.54, 1.807) is 17.0 Å². The molecule has 142 valence electrons. The van der Waals surface area contributed by atoms with E-state index in [4.69, 9.17) is 0 Å². The van der Waals surface area contributed by atoms with Crippen molar-refractivity contribution in [3.05, 3.63) is 80.0 Å². The number of rotatable bonds is 3. The van der Waals surface area contributed by atoms with Crippen molar-refractivity contribution in [2.24, 2.45) is 0 Å². The lowest BCUT2D eigenvalue weighted by molar-refractivity contribution is -0.384. The van der Waals surface area contributed by atoms with Gasteiger partial charge in [-0.25, -0.2) is 0 Å². The van der Waals surface area contributed by atoms with Crippen molar-refractivity contribution in [1.82, 2.24) is 0 Å². The molecule has 0 spiro atoms. The third kappa shape index (κ3) is 3.26. The lowest BCUT2D eigenvalue weighted by Gasteiger charge is -2.38. The van der Waals surface area contributed by atoms with Crippen molar-refractivity contribution in [1.29, 1.82) is 0 Å². The van der Waals surface area contributed by atoms with Crippen LogP contribution in [-0.4, -0.2) is 16.6 Å². The van der Waals surface area contributed by atoms with Gasteiger partial charge in [0, 0.05) is 52.3 Å². The van der Waals surface area contributed by atoms with Gasteiger partial charge in [-0.15, -0.1) is 0 Å². The van der Waals surface area contributed by atoms with E-state index in [-0.39, 0.29) is 29.7 Å². The molecular formula is C21H17BrN2O4. The molecule has 0 saturated carbocycles. The smallest absolute Gasteiger partial charge is 0.269 e. The van der Waals surface area contributed by atoms with Gasteiger partial charge in [0.25, 0.3) is 5.69 Å². The summed E-state index contributed by atoms with van der Waals surface area (Å²) in [4.78, 5) is 38.0. The van der Waals surface area contributed by atoms with Gasteiger partial charge in [-0.1, -0.05) is 34.1 Å². The van der Waals surface area contributed by atoms with Crippen molar-refractivity contribution >= 4 is 39.0 Å². The number of anilines is 1. The van der Waals surface area contributed by atoms with E-state index in [1.807, 2.05) is 24.3 Å². The Hall–Kier alpha value is -2.80. The van der Waals surface area contributed by atoms with Crippen LogP contribution in [0.25, 0.3) is 0 Å². The molecule has 0 N–H and O–H groups in total. The first-order valence-corrected chi connectivity index (χ1v) is 9.84. The molecule has 0 radical (unpaired) electrons. The van der Waals surface area contributed by atoms with Crippen LogP contribution in [0.15, 0.2) is 64.3 Å². The van der Waals surface area contributed by atoms with E-state index in [0.717, 1.165) is 21.4 Å². The number of nitrogens with zero attached hydrogens (tertiary/aromatic N) is 2. The number of halogens is 1. The van der Waals surface area contributed by atoms with E-state index in [1.165, 1.54) is 12.1 Å². The maximum Gasteiger partial charge on any atom is 0.269 e. The summed E-state index contributed by atoms with van der Waals surface area (Å²) in [6.45, 7) is 0. The third-order valence-corrected chi connectivity index (χ3v) is 5.74. The first-order valence-electron chi connectivity index (χ1n) is 9.05. The van der Waals surface area contributed by atoms with Gasteiger partial charge in [-0.2, -0.15) is 0 Å². The first-order chi connectivity index (χ1) is 13.5. The van der Waals surface area contributed by atoms with Crippen LogP contribution in [0.4, 0.5) is 11.4 Å². The summed E-state index contributed by atoms with van der Waals surface area (Å²) in [5, 5.41) is 10.9. The normalized spacial score (nSPS) is 19.6. The number of allylic oxidation sites excluding steroid dienone is 2. The average Bonchev–Trinajstić information content (AvgIpc) is 2.67. The van der Waals surface area contributed by atoms with E-state index in [0.29, 0.717) is 24.8 Å². The summed E-state index contributed by atoms with van der Waals surface area (Å²) < 4.78 is 0.861. The lowest BCUT2D eigenvalue weighted by atomic mass is 9.77. The van der Waals surface area contributed by atoms with Crippen LogP contribution >= 0.6 is 15.9 Å². The number of Topliss-reactive ketones (excluding diaryl/α,β-unsaturated/α-hetero) is 1. The Kier molecular flexibility index (Phi) is 4.85. The number of ketones is 1. The second kappa shape index (κ2) is 7.31. The number of amides is 1. The molecule has 0 saturated heterocycles. The van der Waals surface area contributed by atoms with Gasteiger partial charge < -0.3 is 0 Å². The van der Waals surface area contributed by atoms with Crippen molar-refractivity contribution in [3.63, 3.8) is 0 Å². The van der Waals surface area contributed by atoms with E-state index in [2.05, 4.69) is 15.9 Å². The van der Waals surface area contributed by atoms with Gasteiger partial charge in [0.15, 0.2) is 5.78 Å². The number of benzene rings is 2. The van der Waals surface area contributed by atoms with Crippen molar-refractivity contribution in [2.75, 3.05) is 4.90 Å². The van der Waals surface area contributed by atoms with Gasteiger partial charge in [-0.05, 0) is 36.6 Å². The molecule has 0 fully saturated rings. The summed E-state index contributed by atoms with van der Waals surface area (Å²) >= 11 is 3.44. The number of carbonyl (C=O) groups excluding carboxylic acids is 2. The number of nitro benzene ring substituents is 1. The van der Waals surface area contributed by atoms with Crippen LogP contribution < -0.4 is 4.90 Å². The molecule has 1 heterocycles. The third-order valence-electron chi connectivity index (χ3n) is 5.25. The number of hydrogen-bond donors (Lipinski definition) is 0. The summed E-state index contributed by atoms with van der Waals surface area (Å²) in [5.74, 6) is -0.383. The minimum Gasteiger partial charge on any atom is -0.294 e. The predicted molar refractivity (Wildman–Crippen MR) is 108 cm³/mol. The molecule has 2 aliphatic rings. The van der Waals surface area contributed by atoms with Gasteiger partial charge in [0.1, 0.15) is 0 Å². The van der Waals surface area contributed by atoms with Gasteiger partial charge in [-0.3, -0.25) is 24.6 Å². The van der Waals surface area contributed by atoms with Crippen LogP contribution in [0.2, 0.25) is 0 Å². The van der Waals surface area contributed by atoms with Crippen LogP contribution in [0, 0.1) is 10.1 Å². The quantitative estimate of drug-likeness (QED) is 0.502. The Bertz CT molecular complexity index is 1010. The Morgan fingerprint density at radius 2 is 1.82 bits per heavy atom. The average molecular weight is 441 g/mol. The van der Waals surface area contributed by atoms with E-state index >= 15 is 0 Å². The molecular weight excluding hydrogens is 424 g/mol. The fraction of sp³-hybridized carbons (Fsp3) is 0.238. The molecule has 2 aromatic carbocycles. The largest absolute Gasteiger partial charge is 0.294 e. The molecule has 28 heavy (non-hydrogen) atoms. The molecule has 1 aliphatic carbocycles. The second-order valence-electron chi connectivity index (χ2n) is 6.95. The zero-order valence-corrected chi connectivity index (χ0v) is 16.5. The molecule has 6 nitrogen and oxygen atoms in total. The van der Waals surface area contributed by atoms with Gasteiger partial charge in [0.2, 0.25) is 5.91 Å². The van der Waals surface area contributed by atoms with E-state index < -0.39 is 4.92 Å². The summed E-state index contributed by atoms with van der Waals surface area (Å²) in [7, 11) is 0. The Morgan fingerprint density at radius 1 is 1.07 bits per heavy atom. The van der Waals surface area contributed by atoms with Crippen LogP contribution in [-0.2, 0) is 9.59 Å². The molecule has 0 bridgehead atoms. The van der Waals surface area contributed by atoms with E-state index in [9.17, 15) is 19.7 Å². The minimum atomic E-state index is -0.457. The summed E-state index contributed by atoms with van der Waals surface area (Å²) in [5.41, 5.74) is 2.92. The van der Waals surface area contributed by atoms with Gasteiger partial charge >= 0.3 is 0 Å². The molecule has 7 heteroatoms. The molecule has 1 amide bonds. The highest BCUT2D eigenvalue weighted by atomic mass is 79.9. The predicted octanol–water partition coefficient (Wildman–Crippen LogP) is 4.88. The number of nitro groups is 1. The van der Waals surface area contributed by atoms with Crippen molar-refractivity contribution in [3.8, 4) is 0 Å². The fourth-order valence-corrected chi connectivity index (χ4v) is 4.41. The highest BCUT2D eigenvalue weighted by Gasteiger charge is 2.39.